The van der Waals surface area contributed by atoms with Gasteiger partial charge in [0.2, 0.25) is 5.91 Å². The first-order valence-corrected chi connectivity index (χ1v) is 9.38. The van der Waals surface area contributed by atoms with Gasteiger partial charge in [0.1, 0.15) is 17.6 Å². The molecule has 2 aromatic carbocycles. The number of hydrogen-bond donors (Lipinski definition) is 1. The Morgan fingerprint density at radius 1 is 1.07 bits per heavy atom. The summed E-state index contributed by atoms with van der Waals surface area (Å²) in [5.74, 6) is -0.758. The Bertz CT molecular complexity index is 780. The SMILES string of the molecule is CC(C)C(NC(=O)c1ccccc1F)C(=O)N(C)CCCOc1ccccc1. The number of hydrogen-bond acceptors (Lipinski definition) is 3. The number of benzene rings is 2. The number of rotatable bonds is 9. The molecular weight excluding hydrogens is 359 g/mol. The average Bonchev–Trinajstić information content (AvgIpc) is 2.69. The second-order valence-corrected chi connectivity index (χ2v) is 6.95. The molecule has 0 fully saturated rings. The molecule has 6 heteroatoms. The van der Waals surface area contributed by atoms with E-state index in [1.165, 1.54) is 18.2 Å². The van der Waals surface area contributed by atoms with Crippen molar-refractivity contribution in [3.05, 3.63) is 66.0 Å². The van der Waals surface area contributed by atoms with Crippen LogP contribution in [0.5, 0.6) is 5.75 Å². The zero-order valence-corrected chi connectivity index (χ0v) is 16.5. The van der Waals surface area contributed by atoms with E-state index in [4.69, 9.17) is 4.74 Å². The molecule has 1 unspecified atom stereocenters. The molecule has 2 amide bonds. The first kappa shape index (κ1) is 21.4. The molecule has 0 heterocycles. The monoisotopic (exact) mass is 386 g/mol. The van der Waals surface area contributed by atoms with Crippen LogP contribution in [0.2, 0.25) is 0 Å². The van der Waals surface area contributed by atoms with Crippen molar-refractivity contribution in [2.24, 2.45) is 5.92 Å². The topological polar surface area (TPSA) is 58.6 Å². The average molecular weight is 386 g/mol. The van der Waals surface area contributed by atoms with E-state index in [9.17, 15) is 14.0 Å². The Balaban J connectivity index is 1.88. The summed E-state index contributed by atoms with van der Waals surface area (Å²) >= 11 is 0. The van der Waals surface area contributed by atoms with Crippen molar-refractivity contribution in [1.82, 2.24) is 10.2 Å². The van der Waals surface area contributed by atoms with Crippen molar-refractivity contribution >= 4 is 11.8 Å². The zero-order chi connectivity index (χ0) is 20.5. The molecule has 0 radical (unpaired) electrons. The van der Waals surface area contributed by atoms with Gasteiger partial charge < -0.3 is 15.0 Å². The van der Waals surface area contributed by atoms with Gasteiger partial charge in [-0.2, -0.15) is 0 Å². The number of halogens is 1. The zero-order valence-electron chi connectivity index (χ0n) is 16.5. The molecule has 2 rings (SSSR count). The Morgan fingerprint density at radius 3 is 2.36 bits per heavy atom. The number of likely N-dealkylation sites (N-methyl/N-ethyl adjacent to an activating group) is 1. The molecule has 0 saturated heterocycles. The van der Waals surface area contributed by atoms with Crippen LogP contribution in [0.1, 0.15) is 30.6 Å². The lowest BCUT2D eigenvalue weighted by Crippen LogP contribution is -2.50. The highest BCUT2D eigenvalue weighted by molar-refractivity contribution is 5.97. The molecule has 2 aromatic rings. The van der Waals surface area contributed by atoms with Crippen molar-refractivity contribution in [2.75, 3.05) is 20.2 Å². The van der Waals surface area contributed by atoms with E-state index in [0.717, 1.165) is 5.75 Å². The predicted molar refractivity (Wildman–Crippen MR) is 107 cm³/mol. The van der Waals surface area contributed by atoms with Gasteiger partial charge in [0.05, 0.1) is 12.2 Å². The number of nitrogens with zero attached hydrogens (tertiary/aromatic N) is 1. The molecule has 1 N–H and O–H groups in total. The van der Waals surface area contributed by atoms with Crippen LogP contribution in [-0.2, 0) is 4.79 Å². The summed E-state index contributed by atoms with van der Waals surface area (Å²) in [6, 6.07) is 14.5. The molecule has 0 spiro atoms. The standard InChI is InChI=1S/C22H27FN2O3/c1-16(2)20(24-21(26)18-12-7-8-13-19(18)23)22(27)25(3)14-9-15-28-17-10-5-4-6-11-17/h4-8,10-13,16,20H,9,14-15H2,1-3H3,(H,24,26). The van der Waals surface area contributed by atoms with Crippen LogP contribution in [0.15, 0.2) is 54.6 Å². The Kier molecular flexibility index (Phi) is 7.99. The van der Waals surface area contributed by atoms with Gasteiger partial charge in [0, 0.05) is 13.6 Å². The molecule has 150 valence electrons. The van der Waals surface area contributed by atoms with Crippen LogP contribution in [0.25, 0.3) is 0 Å². The van der Waals surface area contributed by atoms with E-state index >= 15 is 0 Å². The number of carbonyl (C=O) groups excluding carboxylic acids is 2. The third-order valence-electron chi connectivity index (χ3n) is 4.36. The molecule has 5 nitrogen and oxygen atoms in total. The minimum atomic E-state index is -0.729. The summed E-state index contributed by atoms with van der Waals surface area (Å²) in [5.41, 5.74) is -0.0696. The maximum absolute atomic E-state index is 13.8. The molecule has 0 bridgehead atoms. The summed E-state index contributed by atoms with van der Waals surface area (Å²) in [7, 11) is 1.69. The van der Waals surface area contributed by atoms with Gasteiger partial charge in [-0.1, -0.05) is 44.2 Å². The van der Waals surface area contributed by atoms with Crippen LogP contribution < -0.4 is 10.1 Å². The van der Waals surface area contributed by atoms with Crippen LogP contribution >= 0.6 is 0 Å². The van der Waals surface area contributed by atoms with E-state index in [1.807, 2.05) is 44.2 Å². The summed E-state index contributed by atoms with van der Waals surface area (Å²) in [4.78, 5) is 26.7. The number of amides is 2. The van der Waals surface area contributed by atoms with Crippen LogP contribution in [0.4, 0.5) is 4.39 Å². The lowest BCUT2D eigenvalue weighted by atomic mass is 10.0. The number of carbonyl (C=O) groups is 2. The molecule has 0 saturated carbocycles. The third-order valence-corrected chi connectivity index (χ3v) is 4.36. The number of ether oxygens (including phenoxy) is 1. The number of nitrogens with one attached hydrogen (secondary N) is 1. The molecule has 0 aliphatic heterocycles. The second kappa shape index (κ2) is 10.4. The van der Waals surface area contributed by atoms with Crippen molar-refractivity contribution < 1.29 is 18.7 Å². The van der Waals surface area contributed by atoms with Crippen LogP contribution in [0, 0.1) is 11.7 Å². The second-order valence-electron chi connectivity index (χ2n) is 6.95. The van der Waals surface area contributed by atoms with Gasteiger partial charge in [-0.15, -0.1) is 0 Å². The quantitative estimate of drug-likeness (QED) is 0.671. The lowest BCUT2D eigenvalue weighted by molar-refractivity contribution is -0.133. The van der Waals surface area contributed by atoms with E-state index in [1.54, 1.807) is 18.0 Å². The van der Waals surface area contributed by atoms with E-state index < -0.39 is 17.8 Å². The lowest BCUT2D eigenvalue weighted by Gasteiger charge is -2.27. The summed E-state index contributed by atoms with van der Waals surface area (Å²) in [6.45, 7) is 4.66. The summed E-state index contributed by atoms with van der Waals surface area (Å²) in [5, 5.41) is 2.67. The first-order valence-electron chi connectivity index (χ1n) is 9.38. The van der Waals surface area contributed by atoms with E-state index in [-0.39, 0.29) is 17.4 Å². The van der Waals surface area contributed by atoms with Gasteiger partial charge in [0.15, 0.2) is 0 Å². The fourth-order valence-electron chi connectivity index (χ4n) is 2.73. The fourth-order valence-corrected chi connectivity index (χ4v) is 2.73. The maximum Gasteiger partial charge on any atom is 0.254 e. The molecule has 0 aliphatic carbocycles. The third kappa shape index (κ3) is 6.08. The summed E-state index contributed by atoms with van der Waals surface area (Å²) in [6.07, 6.45) is 0.656. The summed E-state index contributed by atoms with van der Waals surface area (Å²) < 4.78 is 19.5. The highest BCUT2D eigenvalue weighted by Crippen LogP contribution is 2.11. The van der Waals surface area contributed by atoms with Crippen molar-refractivity contribution in [3.63, 3.8) is 0 Å². The highest BCUT2D eigenvalue weighted by atomic mass is 19.1. The molecule has 1 atom stereocenters. The maximum atomic E-state index is 13.8. The first-order chi connectivity index (χ1) is 13.4. The van der Waals surface area contributed by atoms with Gasteiger partial charge in [0.25, 0.3) is 5.91 Å². The number of para-hydroxylation sites is 1. The van der Waals surface area contributed by atoms with Gasteiger partial charge in [-0.05, 0) is 36.6 Å². The fraction of sp³-hybridized carbons (Fsp3) is 0.364. The van der Waals surface area contributed by atoms with Gasteiger partial charge in [-0.3, -0.25) is 9.59 Å². The molecule has 0 aromatic heterocycles. The molecule has 0 aliphatic rings. The van der Waals surface area contributed by atoms with Crippen LogP contribution in [-0.4, -0.2) is 43.0 Å². The minimum absolute atomic E-state index is 0.0696. The Hall–Kier alpha value is -2.89. The molecular formula is C22H27FN2O3. The van der Waals surface area contributed by atoms with Crippen LogP contribution in [0.3, 0.4) is 0 Å². The van der Waals surface area contributed by atoms with Gasteiger partial charge in [-0.25, -0.2) is 4.39 Å². The van der Waals surface area contributed by atoms with Gasteiger partial charge >= 0.3 is 0 Å². The van der Waals surface area contributed by atoms with Crippen molar-refractivity contribution in [2.45, 2.75) is 26.3 Å². The predicted octanol–water partition coefficient (Wildman–Crippen LogP) is 3.51. The Morgan fingerprint density at radius 2 is 1.71 bits per heavy atom. The Labute approximate surface area is 165 Å². The smallest absolute Gasteiger partial charge is 0.254 e. The van der Waals surface area contributed by atoms with Crippen molar-refractivity contribution in [1.29, 1.82) is 0 Å². The largest absolute Gasteiger partial charge is 0.494 e. The minimum Gasteiger partial charge on any atom is -0.494 e. The molecule has 28 heavy (non-hydrogen) atoms. The van der Waals surface area contributed by atoms with E-state index in [2.05, 4.69) is 5.32 Å². The normalized spacial score (nSPS) is 11.8. The van der Waals surface area contributed by atoms with Crippen molar-refractivity contribution in [3.8, 4) is 5.75 Å². The highest BCUT2D eigenvalue weighted by Gasteiger charge is 2.27. The van der Waals surface area contributed by atoms with E-state index in [0.29, 0.717) is 19.6 Å².